The molecule has 11 rings (SSSR count). The number of anilines is 3. The van der Waals surface area contributed by atoms with E-state index in [2.05, 4.69) is 229 Å². The van der Waals surface area contributed by atoms with Gasteiger partial charge in [0.1, 0.15) is 11.2 Å². The van der Waals surface area contributed by atoms with Gasteiger partial charge in [0.15, 0.2) is 0 Å². The van der Waals surface area contributed by atoms with E-state index < -0.39 is 0 Å². The molecule has 0 atom stereocenters. The third-order valence-electron chi connectivity index (χ3n) is 11.5. The summed E-state index contributed by atoms with van der Waals surface area (Å²) in [5, 5.41) is 6.91. The molecule has 0 saturated carbocycles. The highest BCUT2D eigenvalue weighted by Gasteiger charge is 2.22. The molecule has 0 bridgehead atoms. The minimum absolute atomic E-state index is 0.856. The third kappa shape index (κ3) is 5.91. The summed E-state index contributed by atoms with van der Waals surface area (Å²) in [6, 6.07) is 80.6. The van der Waals surface area contributed by atoms with E-state index in [1.807, 2.05) is 0 Å². The van der Waals surface area contributed by atoms with Crippen molar-refractivity contribution in [2.45, 2.75) is 0 Å². The highest BCUT2D eigenvalue weighted by molar-refractivity contribution is 6.22. The molecule has 0 spiro atoms. The predicted molar refractivity (Wildman–Crippen MR) is 245 cm³/mol. The SMILES string of the molecule is c1ccc(-c2ccc(-c3ccc(N(c4ccc(-c5ccccc5)cc4)c4cccc5oc6c7ccccc7c(-c7ccc8ccccc8c7)cc6c45)cc3)cc2)cc1. The standard InChI is InChI=1S/C56H37NO/c1-3-12-38(13-4-1)41-22-24-42(25-23-41)44-30-34-48(35-31-44)57(47-32-28-43(29-33-47)39-14-5-2-6-15-39)53-20-11-21-54-55(53)52-37-51(49-18-9-10-19-50(49)56(52)58-54)46-27-26-40-16-7-8-17-45(40)36-46/h1-37H. The molecule has 0 fully saturated rings. The van der Waals surface area contributed by atoms with E-state index in [1.165, 1.54) is 60.7 Å². The van der Waals surface area contributed by atoms with Gasteiger partial charge in [-0.05, 0) is 109 Å². The van der Waals surface area contributed by atoms with Crippen LogP contribution in [0.5, 0.6) is 0 Å². The molecule has 10 aromatic carbocycles. The average molecular weight is 740 g/mol. The van der Waals surface area contributed by atoms with Crippen molar-refractivity contribution >= 4 is 60.5 Å². The van der Waals surface area contributed by atoms with Gasteiger partial charge < -0.3 is 9.32 Å². The number of hydrogen-bond donors (Lipinski definition) is 0. The molecule has 0 amide bonds. The van der Waals surface area contributed by atoms with Crippen LogP contribution in [0.1, 0.15) is 0 Å². The number of benzene rings is 10. The van der Waals surface area contributed by atoms with E-state index in [4.69, 9.17) is 4.42 Å². The lowest BCUT2D eigenvalue weighted by Gasteiger charge is -2.26. The van der Waals surface area contributed by atoms with E-state index in [-0.39, 0.29) is 0 Å². The molecule has 272 valence electrons. The second-order valence-corrected chi connectivity index (χ2v) is 14.9. The molecule has 58 heavy (non-hydrogen) atoms. The fraction of sp³-hybridized carbons (Fsp3) is 0. The van der Waals surface area contributed by atoms with Gasteiger partial charge in [-0.25, -0.2) is 0 Å². The van der Waals surface area contributed by atoms with Gasteiger partial charge in [-0.2, -0.15) is 0 Å². The summed E-state index contributed by atoms with van der Waals surface area (Å²) in [5.74, 6) is 0. The van der Waals surface area contributed by atoms with Crippen molar-refractivity contribution in [2.24, 2.45) is 0 Å². The first-order chi connectivity index (χ1) is 28.7. The summed E-state index contributed by atoms with van der Waals surface area (Å²) in [6.45, 7) is 0. The summed E-state index contributed by atoms with van der Waals surface area (Å²) >= 11 is 0. The second kappa shape index (κ2) is 14.1. The van der Waals surface area contributed by atoms with E-state index in [9.17, 15) is 0 Å². The molecule has 2 heteroatoms. The van der Waals surface area contributed by atoms with Crippen LogP contribution in [-0.4, -0.2) is 0 Å². The molecule has 1 aromatic heterocycles. The molecule has 0 aliphatic rings. The number of furan rings is 1. The fourth-order valence-corrected chi connectivity index (χ4v) is 8.56. The summed E-state index contributed by atoms with van der Waals surface area (Å²) in [6.07, 6.45) is 0. The fourth-order valence-electron chi connectivity index (χ4n) is 8.56. The van der Waals surface area contributed by atoms with Gasteiger partial charge in [-0.1, -0.05) is 176 Å². The smallest absolute Gasteiger partial charge is 0.143 e. The Balaban J connectivity index is 1.08. The van der Waals surface area contributed by atoms with Gasteiger partial charge >= 0.3 is 0 Å². The minimum Gasteiger partial charge on any atom is -0.455 e. The first-order valence-corrected chi connectivity index (χ1v) is 19.8. The van der Waals surface area contributed by atoms with Crippen molar-refractivity contribution in [3.63, 3.8) is 0 Å². The summed E-state index contributed by atoms with van der Waals surface area (Å²) in [4.78, 5) is 2.37. The van der Waals surface area contributed by atoms with Gasteiger partial charge in [0.2, 0.25) is 0 Å². The molecule has 11 aromatic rings. The van der Waals surface area contributed by atoms with Gasteiger partial charge in [0.05, 0.1) is 11.1 Å². The van der Waals surface area contributed by atoms with Crippen LogP contribution < -0.4 is 4.90 Å². The monoisotopic (exact) mass is 739 g/mol. The molecule has 2 nitrogen and oxygen atoms in total. The molecular weight excluding hydrogens is 703 g/mol. The molecule has 0 N–H and O–H groups in total. The maximum atomic E-state index is 6.86. The molecule has 0 unspecified atom stereocenters. The first kappa shape index (κ1) is 33.6. The molecule has 0 aliphatic carbocycles. The lowest BCUT2D eigenvalue weighted by molar-refractivity contribution is 0.672. The number of rotatable bonds is 7. The Morgan fingerprint density at radius 3 is 1.40 bits per heavy atom. The number of hydrogen-bond acceptors (Lipinski definition) is 2. The summed E-state index contributed by atoms with van der Waals surface area (Å²) in [5.41, 5.74) is 14.5. The van der Waals surface area contributed by atoms with Crippen LogP contribution in [-0.2, 0) is 0 Å². The van der Waals surface area contributed by atoms with Crippen molar-refractivity contribution in [2.75, 3.05) is 4.90 Å². The molecule has 1 heterocycles. The van der Waals surface area contributed by atoms with Crippen LogP contribution in [0.25, 0.3) is 88.0 Å². The zero-order valence-corrected chi connectivity index (χ0v) is 31.7. The average Bonchev–Trinajstić information content (AvgIpc) is 3.69. The largest absolute Gasteiger partial charge is 0.455 e. The maximum Gasteiger partial charge on any atom is 0.143 e. The zero-order valence-electron chi connectivity index (χ0n) is 31.7. The molecule has 0 aliphatic heterocycles. The minimum atomic E-state index is 0.856. The normalized spacial score (nSPS) is 11.4. The molecular formula is C56H37NO. The Morgan fingerprint density at radius 1 is 0.310 bits per heavy atom. The Labute approximate surface area is 337 Å². The quantitative estimate of drug-likeness (QED) is 0.162. The summed E-state index contributed by atoms with van der Waals surface area (Å²) < 4.78 is 6.86. The van der Waals surface area contributed by atoms with Crippen molar-refractivity contribution in [3.05, 3.63) is 224 Å². The van der Waals surface area contributed by atoms with Gasteiger partial charge in [0.25, 0.3) is 0 Å². The first-order valence-electron chi connectivity index (χ1n) is 19.8. The van der Waals surface area contributed by atoms with E-state index in [1.54, 1.807) is 0 Å². The van der Waals surface area contributed by atoms with Crippen LogP contribution in [0.15, 0.2) is 229 Å². The Morgan fingerprint density at radius 2 is 0.793 bits per heavy atom. The summed E-state index contributed by atoms with van der Waals surface area (Å²) in [7, 11) is 0. The number of nitrogens with zero attached hydrogens (tertiary/aromatic N) is 1. The van der Waals surface area contributed by atoms with Crippen molar-refractivity contribution in [1.29, 1.82) is 0 Å². The lowest BCUT2D eigenvalue weighted by atomic mass is 9.93. The van der Waals surface area contributed by atoms with Crippen LogP contribution in [0.2, 0.25) is 0 Å². The van der Waals surface area contributed by atoms with Gasteiger partial charge in [-0.3, -0.25) is 0 Å². The van der Waals surface area contributed by atoms with Gasteiger partial charge in [0, 0.05) is 22.1 Å². The van der Waals surface area contributed by atoms with Crippen molar-refractivity contribution in [3.8, 4) is 44.5 Å². The molecule has 0 radical (unpaired) electrons. The van der Waals surface area contributed by atoms with E-state index >= 15 is 0 Å². The van der Waals surface area contributed by atoms with Crippen molar-refractivity contribution < 1.29 is 4.42 Å². The van der Waals surface area contributed by atoms with Crippen molar-refractivity contribution in [1.82, 2.24) is 0 Å². The van der Waals surface area contributed by atoms with E-state index in [0.717, 1.165) is 44.4 Å². The maximum absolute atomic E-state index is 6.86. The zero-order chi connectivity index (χ0) is 38.4. The third-order valence-corrected chi connectivity index (χ3v) is 11.5. The predicted octanol–water partition coefficient (Wildman–Crippen LogP) is 16.0. The molecule has 0 saturated heterocycles. The van der Waals surface area contributed by atoms with Crippen LogP contribution in [0.3, 0.4) is 0 Å². The second-order valence-electron chi connectivity index (χ2n) is 14.9. The number of fused-ring (bicyclic) bond motifs is 6. The Kier molecular flexibility index (Phi) is 8.19. The topological polar surface area (TPSA) is 16.4 Å². The highest BCUT2D eigenvalue weighted by atomic mass is 16.3. The lowest BCUT2D eigenvalue weighted by Crippen LogP contribution is -2.10. The van der Waals surface area contributed by atoms with Gasteiger partial charge in [-0.15, -0.1) is 0 Å². The van der Waals surface area contributed by atoms with Crippen LogP contribution in [0, 0.1) is 0 Å². The van der Waals surface area contributed by atoms with E-state index in [0.29, 0.717) is 0 Å². The Bertz CT molecular complexity index is 3240. The van der Waals surface area contributed by atoms with Crippen LogP contribution in [0.4, 0.5) is 17.1 Å². The highest BCUT2D eigenvalue weighted by Crippen LogP contribution is 2.47. The van der Waals surface area contributed by atoms with Crippen LogP contribution >= 0.6 is 0 Å². The Hall–Kier alpha value is -7.68.